The fraction of sp³-hybridized carbons (Fsp3) is 0.419. The SMILES string of the molecule is CNC(=O)c1ccccc1Sc1ccc2c(/C=C/c3ccccn3)nn(C(=O)N(CCNC(=O)OCc3ccc(NC(=O)C(CCC(=O)O)NC(=O)CCC(=O)NC(C(=O)N[C@H](CCN)C(=O)N[C@@H]4CCNC(=O)C(C(C)O)NC(=O)[C@H](CCN)NC(=O)[C@H](CCN)NC(=O)[C@H](CC(C)C)NC(=O)[C@@H](Cc5ccccc5)NC(=O)C(CCN)NC4=O)[C@H](C)O)cc3)c3c(C)cccc3C)c2c1. The van der Waals surface area contributed by atoms with Gasteiger partial charge in [-0.1, -0.05) is 104 Å². The van der Waals surface area contributed by atoms with Crippen LogP contribution in [0.25, 0.3) is 23.1 Å². The van der Waals surface area contributed by atoms with Crippen molar-refractivity contribution in [3.63, 3.8) is 0 Å². The van der Waals surface area contributed by atoms with Crippen molar-refractivity contribution < 1.29 is 96.8 Å². The number of aromatic nitrogens is 3. The normalized spacial score (nSPS) is 18.2. The summed E-state index contributed by atoms with van der Waals surface area (Å²) in [5.74, 6) is -13.7. The van der Waals surface area contributed by atoms with Gasteiger partial charge in [-0.3, -0.25) is 77.0 Å². The van der Waals surface area contributed by atoms with Crippen molar-refractivity contribution in [3.8, 4) is 0 Å². The third-order valence-corrected chi connectivity index (χ3v) is 22.7. The van der Waals surface area contributed by atoms with Gasteiger partial charge in [0.1, 0.15) is 67.0 Å². The molecule has 0 radical (unpaired) electrons. The third kappa shape index (κ3) is 32.6. The minimum Gasteiger partial charge on any atom is -0.481 e. The van der Waals surface area contributed by atoms with Crippen LogP contribution < -0.4 is 102 Å². The highest BCUT2D eigenvalue weighted by molar-refractivity contribution is 7.99. The maximum atomic E-state index is 15.2. The van der Waals surface area contributed by atoms with Crippen molar-refractivity contribution in [2.24, 2.45) is 28.9 Å². The van der Waals surface area contributed by atoms with Gasteiger partial charge in [0.05, 0.1) is 40.4 Å². The highest BCUT2D eigenvalue weighted by Gasteiger charge is 2.39. The van der Waals surface area contributed by atoms with E-state index in [1.54, 1.807) is 87.8 Å². The van der Waals surface area contributed by atoms with Crippen LogP contribution in [0.3, 0.4) is 0 Å². The van der Waals surface area contributed by atoms with Crippen LogP contribution in [0.4, 0.5) is 21.0 Å². The number of rotatable bonds is 39. The summed E-state index contributed by atoms with van der Waals surface area (Å²) in [7, 11) is 1.55. The number of hydrogen-bond acceptors (Lipinski definition) is 26. The monoisotopic (exact) mass is 1900 g/mol. The van der Waals surface area contributed by atoms with Crippen molar-refractivity contribution in [3.05, 3.63) is 179 Å². The Labute approximate surface area is 789 Å². The average molecular weight is 1900 g/mol. The molecule has 43 heteroatoms. The first-order chi connectivity index (χ1) is 65.0. The molecule has 12 atom stereocenters. The van der Waals surface area contributed by atoms with Gasteiger partial charge in [0, 0.05) is 79.4 Å². The fourth-order valence-corrected chi connectivity index (χ4v) is 15.6. The van der Waals surface area contributed by atoms with Gasteiger partial charge in [0.2, 0.25) is 70.9 Å². The van der Waals surface area contributed by atoms with Crippen molar-refractivity contribution >= 4 is 141 Å². The zero-order chi connectivity index (χ0) is 99.2. The van der Waals surface area contributed by atoms with E-state index in [4.69, 9.17) is 32.8 Å². The fourth-order valence-electron chi connectivity index (χ4n) is 14.6. The van der Waals surface area contributed by atoms with Crippen LogP contribution in [-0.4, -0.2) is 250 Å². The Morgan fingerprint density at radius 2 is 1.19 bits per heavy atom. The van der Waals surface area contributed by atoms with E-state index >= 15 is 4.79 Å². The predicted octanol–water partition coefficient (Wildman–Crippen LogP) is 0.527. The van der Waals surface area contributed by atoms with Crippen molar-refractivity contribution in [2.45, 2.75) is 201 Å². The van der Waals surface area contributed by atoms with Crippen molar-refractivity contribution in [1.29, 1.82) is 0 Å². The van der Waals surface area contributed by atoms with Gasteiger partial charge < -0.3 is 117 Å². The van der Waals surface area contributed by atoms with E-state index in [9.17, 15) is 87.2 Å². The molecule has 0 bridgehead atoms. The molecule has 730 valence electrons. The molecule has 7 aromatic rings. The Morgan fingerprint density at radius 3 is 1.79 bits per heavy atom. The molecule has 15 amide bonds. The van der Waals surface area contributed by atoms with E-state index < -0.39 is 200 Å². The van der Waals surface area contributed by atoms with Gasteiger partial charge in [-0.2, -0.15) is 9.78 Å². The highest BCUT2D eigenvalue weighted by atomic mass is 32.2. The number of anilines is 2. The second-order valence-electron chi connectivity index (χ2n) is 32.8. The molecule has 42 nitrogen and oxygen atoms in total. The molecule has 0 aliphatic carbocycles. The molecule has 1 saturated heterocycles. The number of pyridine rings is 1. The molecule has 1 fully saturated rings. The summed E-state index contributed by atoms with van der Waals surface area (Å²) in [4.78, 5) is 231. The van der Waals surface area contributed by atoms with Crippen LogP contribution in [0, 0.1) is 19.8 Å². The van der Waals surface area contributed by atoms with Crippen molar-refractivity contribution in [1.82, 2.24) is 83.9 Å². The number of nitrogens with one attached hydrogen (secondary N) is 14. The minimum absolute atomic E-state index is 0.00235. The number of carboxylic acids is 1. The van der Waals surface area contributed by atoms with Gasteiger partial charge in [-0.15, -0.1) is 0 Å². The predicted molar refractivity (Wildman–Crippen MR) is 505 cm³/mol. The molecule has 25 N–H and O–H groups in total. The number of carbonyl (C=O) groups is 16. The molecule has 3 heterocycles. The van der Waals surface area contributed by atoms with Crippen LogP contribution in [-0.2, 0) is 80.1 Å². The van der Waals surface area contributed by atoms with Crippen LogP contribution in [0.1, 0.15) is 136 Å². The number of aliphatic hydroxyl groups excluding tert-OH is 2. The smallest absolute Gasteiger partial charge is 0.407 e. The summed E-state index contributed by atoms with van der Waals surface area (Å²) in [6, 6.07) is 21.7. The number of alkyl carbamates (subject to hydrolysis) is 1. The topological polar surface area (TPSA) is 649 Å². The van der Waals surface area contributed by atoms with Gasteiger partial charge >= 0.3 is 18.1 Å². The van der Waals surface area contributed by atoms with Crippen LogP contribution in [0.5, 0.6) is 0 Å². The zero-order valence-electron chi connectivity index (χ0n) is 76.7. The van der Waals surface area contributed by atoms with E-state index in [1.165, 1.54) is 52.5 Å². The highest BCUT2D eigenvalue weighted by Crippen LogP contribution is 2.35. The van der Waals surface area contributed by atoms with E-state index in [0.717, 1.165) is 18.1 Å². The minimum atomic E-state index is -1.86. The second kappa shape index (κ2) is 53.7. The maximum absolute atomic E-state index is 15.2. The molecule has 2 aromatic heterocycles. The number of aliphatic hydroxyl groups is 2. The van der Waals surface area contributed by atoms with Crippen LogP contribution in [0.15, 0.2) is 149 Å². The average Bonchev–Trinajstić information content (AvgIpc) is 1.62. The number of aliphatic carboxylic acids is 1. The number of fused-ring (bicyclic) bond motifs is 1. The molecule has 0 spiro atoms. The number of nitrogens with two attached hydrogens (primary N) is 4. The summed E-state index contributed by atoms with van der Waals surface area (Å²) < 4.78 is 6.88. The Hall–Kier alpha value is -14.1. The lowest BCUT2D eigenvalue weighted by Gasteiger charge is -2.28. The maximum Gasteiger partial charge on any atom is 0.407 e. The Morgan fingerprint density at radius 1 is 0.603 bits per heavy atom. The lowest BCUT2D eigenvalue weighted by molar-refractivity contribution is -0.138. The lowest BCUT2D eigenvalue weighted by atomic mass is 10.00. The summed E-state index contributed by atoms with van der Waals surface area (Å²) in [5.41, 5.74) is 29.0. The molecule has 136 heavy (non-hydrogen) atoms. The number of ether oxygens (including phenoxy) is 1. The molecular formula is C93H122N22O20S. The molecular weight excluding hydrogens is 1780 g/mol. The van der Waals surface area contributed by atoms with Crippen LogP contribution in [0.2, 0.25) is 0 Å². The molecule has 5 unspecified atom stereocenters. The van der Waals surface area contributed by atoms with Gasteiger partial charge in [0.25, 0.3) is 5.91 Å². The Bertz CT molecular complexity index is 5360. The number of amides is 15. The molecule has 1 aliphatic rings. The number of carbonyl (C=O) groups excluding carboxylic acids is 15. The van der Waals surface area contributed by atoms with Crippen LogP contribution >= 0.6 is 11.8 Å². The summed E-state index contributed by atoms with van der Waals surface area (Å²) in [6.07, 6.45) is -3.17. The van der Waals surface area contributed by atoms with Crippen molar-refractivity contribution in [2.75, 3.05) is 63.1 Å². The number of para-hydroxylation sites is 1. The number of aryl methyl sites for hydroxylation is 2. The number of nitrogens with zero attached hydrogens (tertiary/aromatic N) is 4. The van der Waals surface area contributed by atoms with Gasteiger partial charge in [-0.05, 0) is 194 Å². The Kier molecular flexibility index (Phi) is 42.3. The third-order valence-electron chi connectivity index (χ3n) is 21.7. The number of benzene rings is 5. The van der Waals surface area contributed by atoms with E-state index in [2.05, 4.69) is 79.4 Å². The largest absolute Gasteiger partial charge is 0.481 e. The summed E-state index contributed by atoms with van der Waals surface area (Å²) >= 11 is 1.34. The standard InChI is InChI=1S/C93H122N22O20S/c1-52(2)48-71-88(129)106-66(35-40-94)83(124)105-69(38-43-97)87(128)112-78(55(5)116)90(131)100-45-39-70(86(127)104-67(36-41-95)85(126)110-72(89(130)109-71)49-57-18-9-8-10-19-57)107-84(125)68(37-42-96)108-91(132)79(56(6)117)111-76(119)33-32-75(118)103-65(31-34-77(120)121)82(123)102-60-25-23-58(24-26-60)51-135-92(133)101-46-47-114(80-53(3)16-15-17-54(80)4)93(134)115-73-50-61(136-74-22-12-11-21-63(74)81(122)98-7)28-29-62(73)64(113-115)30-27-59-20-13-14-44-99-59/h8-30,44,50,52,55-56,65-72,78-79,116-117H,31-43,45-49,51,94-97H2,1-7H3,(H,98,122)(H,100,131)(H,101,133)(H,102,123)(H,103,118)(H,104,127)(H,105,124)(H,106,129)(H,107,125)(H,108,132)(H,109,130)(H,110,126)(H,111,119)(H,112,128)(H,120,121)/b30-27+/t55?,56-,65?,66-,67?,68+,69-,70+,71-,72+,78?,79?/m0/s1. The molecule has 0 saturated carbocycles. The molecule has 8 rings (SSSR count). The first kappa shape index (κ1) is 107. The van der Waals surface area contributed by atoms with E-state index in [-0.39, 0.29) is 102 Å². The lowest BCUT2D eigenvalue weighted by Crippen LogP contribution is -2.61. The van der Waals surface area contributed by atoms with E-state index in [0.29, 0.717) is 54.5 Å². The first-order valence-electron chi connectivity index (χ1n) is 44.5. The van der Waals surface area contributed by atoms with Gasteiger partial charge in [0.15, 0.2) is 0 Å². The second-order valence-corrected chi connectivity index (χ2v) is 33.9. The van der Waals surface area contributed by atoms with E-state index in [1.807, 2.05) is 74.5 Å². The molecule has 1 aliphatic heterocycles. The quantitative estimate of drug-likeness (QED) is 0.0250. The zero-order valence-corrected chi connectivity index (χ0v) is 77.5. The number of hydrogen-bond donors (Lipinski definition) is 21. The van der Waals surface area contributed by atoms with Gasteiger partial charge in [-0.25, -0.2) is 9.59 Å². The number of carboxylic acid groups (broad SMARTS) is 1. The summed E-state index contributed by atoms with van der Waals surface area (Å²) in [5, 5.41) is 72.6. The molecule has 5 aromatic carbocycles. The summed E-state index contributed by atoms with van der Waals surface area (Å²) in [6.45, 7) is 7.63. The first-order valence-corrected chi connectivity index (χ1v) is 45.4. The Balaban J connectivity index is 0.902.